The molecule has 3 unspecified atom stereocenters. The molecule has 0 saturated carbocycles. The highest BCUT2D eigenvalue weighted by atomic mass is 16.4. The van der Waals surface area contributed by atoms with Crippen LogP contribution in [-0.2, 0) is 33.6 Å². The molecule has 15 heteroatoms. The second kappa shape index (κ2) is 14.3. The number of carbonyl (C=O) groups excluding carboxylic acids is 5. The van der Waals surface area contributed by atoms with Crippen molar-refractivity contribution in [1.82, 2.24) is 16.0 Å². The number of primary amides is 2. The van der Waals surface area contributed by atoms with Crippen LogP contribution in [0, 0.1) is 0 Å². The van der Waals surface area contributed by atoms with Gasteiger partial charge in [0.1, 0.15) is 12.1 Å². The zero-order chi connectivity index (χ0) is 24.8. The summed E-state index contributed by atoms with van der Waals surface area (Å²) in [6, 6.07) is -4.02. The molecule has 0 rings (SSSR count). The smallest absolute Gasteiger partial charge is 0.326 e. The summed E-state index contributed by atoms with van der Waals surface area (Å²) in [5.41, 5.74) is 15.5. The predicted octanol–water partition coefficient (Wildman–Crippen LogP) is -4.12. The fourth-order valence-corrected chi connectivity index (χ4v) is 2.33. The summed E-state index contributed by atoms with van der Waals surface area (Å²) in [6.45, 7) is -0.621. The highest BCUT2D eigenvalue weighted by Gasteiger charge is 2.27. The van der Waals surface area contributed by atoms with Gasteiger partial charge in [-0.15, -0.1) is 0 Å². The van der Waals surface area contributed by atoms with Gasteiger partial charge in [-0.25, -0.2) is 4.79 Å². The number of nitrogens with one attached hydrogen (secondary N) is 3. The molecule has 0 bridgehead atoms. The topological polar surface area (TPSA) is 274 Å². The van der Waals surface area contributed by atoms with E-state index in [4.69, 9.17) is 27.4 Å². The van der Waals surface area contributed by atoms with Crippen molar-refractivity contribution in [3.8, 4) is 0 Å². The zero-order valence-corrected chi connectivity index (χ0v) is 17.2. The molecule has 0 radical (unpaired) electrons. The van der Waals surface area contributed by atoms with E-state index in [2.05, 4.69) is 16.0 Å². The van der Waals surface area contributed by atoms with Gasteiger partial charge in [-0.2, -0.15) is 0 Å². The predicted molar refractivity (Wildman–Crippen MR) is 106 cm³/mol. The van der Waals surface area contributed by atoms with Crippen LogP contribution in [0.15, 0.2) is 0 Å². The van der Waals surface area contributed by atoms with Crippen molar-refractivity contribution in [2.75, 3.05) is 6.54 Å². The minimum atomic E-state index is -1.48. The molecule has 0 aromatic carbocycles. The van der Waals surface area contributed by atoms with Gasteiger partial charge >= 0.3 is 11.9 Å². The maximum atomic E-state index is 12.4. The van der Waals surface area contributed by atoms with Gasteiger partial charge in [0, 0.05) is 19.3 Å². The Balaban J connectivity index is 4.96. The van der Waals surface area contributed by atoms with E-state index in [9.17, 15) is 33.6 Å². The summed E-state index contributed by atoms with van der Waals surface area (Å²) in [4.78, 5) is 80.0. The third-order valence-corrected chi connectivity index (χ3v) is 4.05. The standard InChI is InChI=1S/C17H28N6O9/c18-8(1-6-14(27)28)15(29)21-7-13(26)22-9(2-4-11(19)24)16(30)23-10(17(31)32)3-5-12(20)25/h8-10H,1-7,18H2,(H2,19,24)(H2,20,25)(H,21,29)(H,22,26)(H,23,30)(H,27,28)(H,31,32). The van der Waals surface area contributed by atoms with E-state index in [1.807, 2.05) is 0 Å². The summed E-state index contributed by atoms with van der Waals surface area (Å²) in [6.07, 6.45) is -1.70. The summed E-state index contributed by atoms with van der Waals surface area (Å²) in [5, 5.41) is 24.3. The van der Waals surface area contributed by atoms with Crippen LogP contribution in [0.1, 0.15) is 38.5 Å². The molecule has 32 heavy (non-hydrogen) atoms. The molecule has 3 atom stereocenters. The first-order valence-corrected chi connectivity index (χ1v) is 9.47. The fourth-order valence-electron chi connectivity index (χ4n) is 2.33. The molecule has 0 aliphatic heterocycles. The number of carboxylic acid groups (broad SMARTS) is 2. The molecular weight excluding hydrogens is 432 g/mol. The lowest BCUT2D eigenvalue weighted by molar-refractivity contribution is -0.142. The van der Waals surface area contributed by atoms with Crippen molar-refractivity contribution in [3.05, 3.63) is 0 Å². The lowest BCUT2D eigenvalue weighted by Gasteiger charge is -2.21. The lowest BCUT2D eigenvalue weighted by Crippen LogP contribution is -2.54. The average molecular weight is 460 g/mol. The number of carboxylic acids is 2. The fraction of sp³-hybridized carbons (Fsp3) is 0.588. The van der Waals surface area contributed by atoms with E-state index in [1.165, 1.54) is 0 Å². The number of carbonyl (C=O) groups is 7. The van der Waals surface area contributed by atoms with Gasteiger partial charge in [0.05, 0.1) is 12.6 Å². The highest BCUT2D eigenvalue weighted by Crippen LogP contribution is 2.02. The lowest BCUT2D eigenvalue weighted by atomic mass is 10.1. The van der Waals surface area contributed by atoms with Crippen molar-refractivity contribution in [3.63, 3.8) is 0 Å². The van der Waals surface area contributed by atoms with Gasteiger partial charge in [0.25, 0.3) is 0 Å². The van der Waals surface area contributed by atoms with Crippen molar-refractivity contribution in [2.24, 2.45) is 17.2 Å². The van der Waals surface area contributed by atoms with E-state index < -0.39 is 66.1 Å². The van der Waals surface area contributed by atoms with Crippen LogP contribution in [0.3, 0.4) is 0 Å². The second-order valence-electron chi connectivity index (χ2n) is 6.79. The van der Waals surface area contributed by atoms with Crippen LogP contribution in [0.25, 0.3) is 0 Å². The SMILES string of the molecule is NC(=O)CCC(NC(=O)C(CCC(N)=O)NC(=O)CNC(=O)C(N)CCC(=O)O)C(=O)O. The van der Waals surface area contributed by atoms with E-state index in [0.717, 1.165) is 0 Å². The average Bonchev–Trinajstić information content (AvgIpc) is 2.69. The Morgan fingerprint density at radius 2 is 1.25 bits per heavy atom. The van der Waals surface area contributed by atoms with Gasteiger partial charge in [-0.1, -0.05) is 0 Å². The van der Waals surface area contributed by atoms with Gasteiger partial charge < -0.3 is 43.4 Å². The van der Waals surface area contributed by atoms with E-state index >= 15 is 0 Å². The number of amides is 5. The maximum absolute atomic E-state index is 12.4. The molecule has 11 N–H and O–H groups in total. The minimum Gasteiger partial charge on any atom is -0.481 e. The molecular formula is C17H28N6O9. The van der Waals surface area contributed by atoms with Crippen LogP contribution in [0.5, 0.6) is 0 Å². The highest BCUT2D eigenvalue weighted by molar-refractivity contribution is 5.93. The van der Waals surface area contributed by atoms with Crippen LogP contribution in [0.4, 0.5) is 0 Å². The largest absolute Gasteiger partial charge is 0.481 e. The Morgan fingerprint density at radius 3 is 1.72 bits per heavy atom. The van der Waals surface area contributed by atoms with Crippen molar-refractivity contribution in [2.45, 2.75) is 56.7 Å². The summed E-state index contributed by atoms with van der Waals surface area (Å²) in [7, 11) is 0. The van der Waals surface area contributed by atoms with Gasteiger partial charge in [-0.3, -0.25) is 28.8 Å². The van der Waals surface area contributed by atoms with E-state index in [1.54, 1.807) is 0 Å². The van der Waals surface area contributed by atoms with Crippen LogP contribution in [-0.4, -0.2) is 76.4 Å². The molecule has 0 heterocycles. The van der Waals surface area contributed by atoms with Crippen LogP contribution in [0.2, 0.25) is 0 Å². The molecule has 0 saturated heterocycles. The Bertz CT molecular complexity index is 742. The first-order chi connectivity index (χ1) is 14.8. The summed E-state index contributed by atoms with van der Waals surface area (Å²) in [5.74, 6) is -6.76. The zero-order valence-electron chi connectivity index (χ0n) is 17.2. The maximum Gasteiger partial charge on any atom is 0.326 e. The third kappa shape index (κ3) is 12.7. The first kappa shape index (κ1) is 28.2. The Kier molecular flexibility index (Phi) is 12.6. The van der Waals surface area contributed by atoms with Gasteiger partial charge in [0.15, 0.2) is 0 Å². The van der Waals surface area contributed by atoms with Gasteiger partial charge in [-0.05, 0) is 19.3 Å². The second-order valence-corrected chi connectivity index (χ2v) is 6.79. The Labute approximate surface area is 182 Å². The number of aliphatic carboxylic acids is 2. The number of hydrogen-bond acceptors (Lipinski definition) is 8. The summed E-state index contributed by atoms with van der Waals surface area (Å²) >= 11 is 0. The third-order valence-electron chi connectivity index (χ3n) is 4.05. The number of hydrogen-bond donors (Lipinski definition) is 8. The normalized spacial score (nSPS) is 13.2. The van der Waals surface area contributed by atoms with Crippen LogP contribution >= 0.6 is 0 Å². The van der Waals surface area contributed by atoms with Gasteiger partial charge in [0.2, 0.25) is 29.5 Å². The van der Waals surface area contributed by atoms with Crippen molar-refractivity contribution in [1.29, 1.82) is 0 Å². The quantitative estimate of drug-likeness (QED) is 0.110. The molecule has 0 aromatic rings. The molecule has 0 fully saturated rings. The number of rotatable bonds is 16. The van der Waals surface area contributed by atoms with E-state index in [-0.39, 0.29) is 38.5 Å². The monoisotopic (exact) mass is 460 g/mol. The minimum absolute atomic E-state index is 0.158. The number of nitrogens with two attached hydrogens (primary N) is 3. The summed E-state index contributed by atoms with van der Waals surface area (Å²) < 4.78 is 0. The van der Waals surface area contributed by atoms with E-state index in [0.29, 0.717) is 0 Å². The molecule has 0 aliphatic carbocycles. The Morgan fingerprint density at radius 1 is 0.719 bits per heavy atom. The van der Waals surface area contributed by atoms with Crippen molar-refractivity contribution >= 4 is 41.5 Å². The van der Waals surface area contributed by atoms with Crippen molar-refractivity contribution < 1.29 is 43.8 Å². The van der Waals surface area contributed by atoms with Crippen LogP contribution < -0.4 is 33.2 Å². The molecule has 180 valence electrons. The Hall–Kier alpha value is -3.75. The molecule has 0 aromatic heterocycles. The molecule has 5 amide bonds. The first-order valence-electron chi connectivity index (χ1n) is 9.47. The molecule has 15 nitrogen and oxygen atoms in total. The molecule has 0 spiro atoms. The molecule has 0 aliphatic rings.